The van der Waals surface area contributed by atoms with Crippen LogP contribution >= 0.6 is 0 Å². The molecule has 0 aliphatic carbocycles. The highest BCUT2D eigenvalue weighted by atomic mass is 16.5. The fraction of sp³-hybridized carbons (Fsp3) is 0.261. The van der Waals surface area contributed by atoms with E-state index in [9.17, 15) is 4.79 Å². The van der Waals surface area contributed by atoms with Crippen molar-refractivity contribution in [3.8, 4) is 28.7 Å². The number of benzene rings is 2. The normalized spacial score (nSPS) is 10.8. The van der Waals surface area contributed by atoms with Crippen molar-refractivity contribution < 1.29 is 23.4 Å². The Kier molecular flexibility index (Phi) is 7.64. The van der Waals surface area contributed by atoms with Crippen LogP contribution in [-0.4, -0.2) is 35.9 Å². The minimum Gasteiger partial charge on any atom is -0.490 e. The highest BCUT2D eigenvalue weighted by molar-refractivity contribution is 6.00. The van der Waals surface area contributed by atoms with Gasteiger partial charge in [0.25, 0.3) is 5.91 Å². The molecule has 1 aromatic heterocycles. The summed E-state index contributed by atoms with van der Waals surface area (Å²) in [6.07, 6.45) is 3.10. The van der Waals surface area contributed by atoms with Gasteiger partial charge in [0.1, 0.15) is 0 Å². The number of rotatable bonds is 10. The summed E-state index contributed by atoms with van der Waals surface area (Å²) in [6, 6.07) is 13.0. The fourth-order valence-corrected chi connectivity index (χ4v) is 2.79. The summed E-state index contributed by atoms with van der Waals surface area (Å²) < 4.78 is 22.7. The van der Waals surface area contributed by atoms with Crippen LogP contribution < -0.4 is 19.5 Å². The van der Waals surface area contributed by atoms with Gasteiger partial charge in [0.05, 0.1) is 19.8 Å². The fourth-order valence-electron chi connectivity index (χ4n) is 2.79. The van der Waals surface area contributed by atoms with Crippen molar-refractivity contribution in [2.75, 3.05) is 25.1 Å². The topological polar surface area (TPSA) is 95.7 Å². The molecule has 2 aromatic carbocycles. The standard InChI is InChI=1S/C23H25N3O5/c1-4-28-18-14-17(15-19(29-5-2)21(18)30-6-3)22-25-26-23(31-22)24-20(27)13-12-16-10-8-7-9-11-16/h7-15H,4-6H2,1-3H3,(H,24,26,27)/b13-12+. The third kappa shape index (κ3) is 5.85. The summed E-state index contributed by atoms with van der Waals surface area (Å²) >= 11 is 0. The second-order valence-electron chi connectivity index (χ2n) is 6.25. The number of carbonyl (C=O) groups excluding carboxylic acids is 1. The molecule has 0 unspecified atom stereocenters. The summed E-state index contributed by atoms with van der Waals surface area (Å²) in [5.41, 5.74) is 1.49. The molecule has 0 saturated heterocycles. The maximum absolute atomic E-state index is 12.1. The van der Waals surface area contributed by atoms with Crippen molar-refractivity contribution in [3.63, 3.8) is 0 Å². The molecule has 8 nitrogen and oxygen atoms in total. The first-order valence-electron chi connectivity index (χ1n) is 10.1. The number of ether oxygens (including phenoxy) is 3. The van der Waals surface area contributed by atoms with E-state index in [0.29, 0.717) is 42.6 Å². The van der Waals surface area contributed by atoms with Gasteiger partial charge in [-0.1, -0.05) is 35.4 Å². The number of nitrogens with zero attached hydrogens (tertiary/aromatic N) is 2. The van der Waals surface area contributed by atoms with E-state index in [-0.39, 0.29) is 17.8 Å². The number of nitrogens with one attached hydrogen (secondary N) is 1. The van der Waals surface area contributed by atoms with E-state index in [0.717, 1.165) is 5.56 Å². The number of hydrogen-bond acceptors (Lipinski definition) is 7. The number of aromatic nitrogens is 2. The van der Waals surface area contributed by atoms with Gasteiger partial charge >= 0.3 is 6.01 Å². The van der Waals surface area contributed by atoms with Gasteiger partial charge in [0.2, 0.25) is 11.6 Å². The van der Waals surface area contributed by atoms with Gasteiger partial charge < -0.3 is 18.6 Å². The predicted octanol–water partition coefficient (Wildman–Crippen LogP) is 4.58. The molecule has 0 aliphatic rings. The zero-order valence-corrected chi connectivity index (χ0v) is 17.8. The second-order valence-corrected chi connectivity index (χ2v) is 6.25. The van der Waals surface area contributed by atoms with Gasteiger partial charge in [-0.05, 0) is 44.5 Å². The van der Waals surface area contributed by atoms with Gasteiger partial charge in [0, 0.05) is 11.6 Å². The lowest BCUT2D eigenvalue weighted by Crippen LogP contribution is -2.07. The molecule has 31 heavy (non-hydrogen) atoms. The van der Waals surface area contributed by atoms with Crippen molar-refractivity contribution in [3.05, 3.63) is 54.1 Å². The molecule has 1 N–H and O–H groups in total. The lowest BCUT2D eigenvalue weighted by atomic mass is 10.2. The first-order valence-corrected chi connectivity index (χ1v) is 10.1. The summed E-state index contributed by atoms with van der Waals surface area (Å²) in [5, 5.41) is 10.5. The molecule has 0 atom stereocenters. The van der Waals surface area contributed by atoms with E-state index in [2.05, 4.69) is 15.5 Å². The highest BCUT2D eigenvalue weighted by Crippen LogP contribution is 2.41. The lowest BCUT2D eigenvalue weighted by molar-refractivity contribution is -0.112. The molecule has 3 rings (SSSR count). The van der Waals surface area contributed by atoms with Crippen molar-refractivity contribution >= 4 is 18.0 Å². The summed E-state index contributed by atoms with van der Waals surface area (Å²) in [7, 11) is 0. The smallest absolute Gasteiger partial charge is 0.322 e. The number of amides is 1. The molecule has 0 bridgehead atoms. The molecule has 0 saturated carbocycles. The quantitative estimate of drug-likeness (QED) is 0.477. The zero-order valence-electron chi connectivity index (χ0n) is 17.8. The molecule has 0 aliphatic heterocycles. The molecular weight excluding hydrogens is 398 g/mol. The van der Waals surface area contributed by atoms with Crippen LogP contribution in [0.15, 0.2) is 53.0 Å². The minimum atomic E-state index is -0.379. The van der Waals surface area contributed by atoms with Gasteiger partial charge in [-0.25, -0.2) is 0 Å². The zero-order chi connectivity index (χ0) is 22.1. The molecule has 0 radical (unpaired) electrons. The Bertz CT molecular complexity index is 1000. The van der Waals surface area contributed by atoms with Crippen molar-refractivity contribution in [2.24, 2.45) is 0 Å². The Balaban J connectivity index is 1.80. The first kappa shape index (κ1) is 21.9. The Hall–Kier alpha value is -3.81. The Morgan fingerprint density at radius 3 is 2.23 bits per heavy atom. The molecule has 1 heterocycles. The Morgan fingerprint density at radius 2 is 1.61 bits per heavy atom. The van der Waals surface area contributed by atoms with E-state index in [1.54, 1.807) is 18.2 Å². The van der Waals surface area contributed by atoms with Crippen LogP contribution in [0.5, 0.6) is 17.2 Å². The minimum absolute atomic E-state index is 0.0116. The third-order valence-corrected chi connectivity index (χ3v) is 4.04. The van der Waals surface area contributed by atoms with Crippen molar-refractivity contribution in [2.45, 2.75) is 20.8 Å². The molecule has 0 spiro atoms. The van der Waals surface area contributed by atoms with Crippen LogP contribution in [0.4, 0.5) is 6.01 Å². The van der Waals surface area contributed by atoms with Crippen LogP contribution in [-0.2, 0) is 4.79 Å². The average Bonchev–Trinajstić information content (AvgIpc) is 3.24. The van der Waals surface area contributed by atoms with Gasteiger partial charge in [0.15, 0.2) is 11.5 Å². The van der Waals surface area contributed by atoms with Crippen LogP contribution in [0.1, 0.15) is 26.3 Å². The van der Waals surface area contributed by atoms with Crippen molar-refractivity contribution in [1.82, 2.24) is 10.2 Å². The van der Waals surface area contributed by atoms with Crippen LogP contribution in [0.2, 0.25) is 0 Å². The number of carbonyl (C=O) groups is 1. The molecular formula is C23H25N3O5. The van der Waals surface area contributed by atoms with E-state index in [1.165, 1.54) is 6.08 Å². The molecule has 8 heteroatoms. The van der Waals surface area contributed by atoms with Crippen molar-refractivity contribution in [1.29, 1.82) is 0 Å². The number of hydrogen-bond donors (Lipinski definition) is 1. The number of anilines is 1. The molecule has 1 amide bonds. The van der Waals surface area contributed by atoms with Gasteiger partial charge in [-0.3, -0.25) is 10.1 Å². The maximum atomic E-state index is 12.1. The van der Waals surface area contributed by atoms with Gasteiger partial charge in [-0.15, -0.1) is 5.10 Å². The van der Waals surface area contributed by atoms with Crippen LogP contribution in [0.25, 0.3) is 17.5 Å². The Labute approximate surface area is 180 Å². The monoisotopic (exact) mass is 423 g/mol. The highest BCUT2D eigenvalue weighted by Gasteiger charge is 2.19. The summed E-state index contributed by atoms with van der Waals surface area (Å²) in [4.78, 5) is 12.1. The van der Waals surface area contributed by atoms with E-state index < -0.39 is 0 Å². The van der Waals surface area contributed by atoms with Crippen LogP contribution in [0.3, 0.4) is 0 Å². The second kappa shape index (κ2) is 10.8. The first-order chi connectivity index (χ1) is 15.1. The van der Waals surface area contributed by atoms with E-state index >= 15 is 0 Å². The average molecular weight is 423 g/mol. The van der Waals surface area contributed by atoms with Gasteiger partial charge in [-0.2, -0.15) is 0 Å². The molecule has 3 aromatic rings. The SMILES string of the molecule is CCOc1cc(-c2nnc(NC(=O)/C=C/c3ccccc3)o2)cc(OCC)c1OCC. The van der Waals surface area contributed by atoms with Crippen LogP contribution in [0, 0.1) is 0 Å². The largest absolute Gasteiger partial charge is 0.490 e. The van der Waals surface area contributed by atoms with E-state index in [4.69, 9.17) is 18.6 Å². The molecule has 162 valence electrons. The summed E-state index contributed by atoms with van der Waals surface area (Å²) in [6.45, 7) is 7.02. The molecule has 0 fully saturated rings. The third-order valence-electron chi connectivity index (χ3n) is 4.04. The summed E-state index contributed by atoms with van der Waals surface area (Å²) in [5.74, 6) is 1.39. The Morgan fingerprint density at radius 1 is 0.968 bits per heavy atom. The predicted molar refractivity (Wildman–Crippen MR) is 117 cm³/mol. The maximum Gasteiger partial charge on any atom is 0.322 e. The van der Waals surface area contributed by atoms with E-state index in [1.807, 2.05) is 51.1 Å². The lowest BCUT2D eigenvalue weighted by Gasteiger charge is -2.16.